The molecule has 0 bridgehead atoms. The molecule has 0 aliphatic heterocycles. The number of esters is 1. The maximum atomic E-state index is 13.4. The van der Waals surface area contributed by atoms with Gasteiger partial charge in [-0.05, 0) is 49.4 Å². The molecule has 11 nitrogen and oxygen atoms in total. The molecule has 0 amide bonds. The van der Waals surface area contributed by atoms with E-state index in [0.717, 1.165) is 0 Å². The zero-order valence-corrected chi connectivity index (χ0v) is 19.3. The molecule has 0 saturated carbocycles. The summed E-state index contributed by atoms with van der Waals surface area (Å²) < 4.78 is 27.3. The van der Waals surface area contributed by atoms with Gasteiger partial charge >= 0.3 is 5.97 Å². The second-order valence-corrected chi connectivity index (χ2v) is 8.19. The molecule has 0 aliphatic carbocycles. The summed E-state index contributed by atoms with van der Waals surface area (Å²) in [7, 11) is 0. The number of aromatic nitrogens is 5. The van der Waals surface area contributed by atoms with Gasteiger partial charge in [-0.2, -0.15) is 10.1 Å². The van der Waals surface area contributed by atoms with Crippen LogP contribution in [0.15, 0.2) is 65.2 Å². The number of carbonyl (C=O) groups excluding carboxylic acids is 1. The van der Waals surface area contributed by atoms with E-state index in [-0.39, 0.29) is 36.2 Å². The molecule has 0 atom stereocenters. The molecule has 6 rings (SSSR count). The van der Waals surface area contributed by atoms with Crippen molar-refractivity contribution in [1.82, 2.24) is 24.1 Å². The van der Waals surface area contributed by atoms with Crippen LogP contribution in [-0.2, 0) is 11.3 Å². The summed E-state index contributed by atoms with van der Waals surface area (Å²) in [6.45, 7) is 2.10. The largest absolute Gasteiger partial charge is 0.460 e. The molecular formula is C25H17FN6O5. The number of rotatable bonds is 6. The van der Waals surface area contributed by atoms with Crippen LogP contribution in [0.1, 0.15) is 23.2 Å². The van der Waals surface area contributed by atoms with Crippen LogP contribution in [0.5, 0.6) is 0 Å². The lowest BCUT2D eigenvalue weighted by Crippen LogP contribution is -2.04. The molecule has 2 aromatic carbocycles. The van der Waals surface area contributed by atoms with Crippen molar-refractivity contribution >= 4 is 39.5 Å². The van der Waals surface area contributed by atoms with E-state index in [1.54, 1.807) is 42.0 Å². The number of ether oxygens (including phenoxy) is 1. The van der Waals surface area contributed by atoms with Gasteiger partial charge in [0.2, 0.25) is 5.76 Å². The Morgan fingerprint density at radius 3 is 2.70 bits per heavy atom. The minimum absolute atomic E-state index is 0.0685. The van der Waals surface area contributed by atoms with Crippen molar-refractivity contribution in [2.45, 2.75) is 13.5 Å². The van der Waals surface area contributed by atoms with E-state index in [2.05, 4.69) is 10.1 Å². The molecule has 0 unspecified atom stereocenters. The maximum Gasteiger partial charge on any atom is 0.374 e. The fourth-order valence-corrected chi connectivity index (χ4v) is 4.20. The molecule has 0 N–H and O–H groups in total. The van der Waals surface area contributed by atoms with E-state index in [1.165, 1.54) is 34.8 Å². The van der Waals surface area contributed by atoms with Crippen molar-refractivity contribution < 1.29 is 23.3 Å². The lowest BCUT2D eigenvalue weighted by Gasteiger charge is -2.04. The Kier molecular flexibility index (Phi) is 5.14. The molecule has 0 spiro atoms. The van der Waals surface area contributed by atoms with Crippen LogP contribution in [0, 0.1) is 15.9 Å². The molecule has 4 heterocycles. The number of imidazole rings is 1. The Labute approximate surface area is 206 Å². The summed E-state index contributed by atoms with van der Waals surface area (Å²) in [6.07, 6.45) is 1.66. The standard InChI is InChI=1S/C25H17FN6O5/c1-2-36-24(33)21-10-8-17(37-21)12-30-20-9-7-16(32(34)35)11-18(20)22-23(30)28-25-27-19(13-31(25)29-22)14-3-5-15(26)6-4-14/h3-11,13H,2,12H2,1H3. The first-order chi connectivity index (χ1) is 17.9. The van der Waals surface area contributed by atoms with Crippen LogP contribution in [-0.4, -0.2) is 41.6 Å². The van der Waals surface area contributed by atoms with Crippen molar-refractivity contribution in [2.24, 2.45) is 0 Å². The first-order valence-electron chi connectivity index (χ1n) is 11.3. The van der Waals surface area contributed by atoms with Crippen LogP contribution < -0.4 is 0 Å². The third-order valence-electron chi connectivity index (χ3n) is 5.88. The van der Waals surface area contributed by atoms with Crippen molar-refractivity contribution in [3.05, 3.63) is 88.2 Å². The second kappa shape index (κ2) is 8.52. The molecule has 37 heavy (non-hydrogen) atoms. The summed E-state index contributed by atoms with van der Waals surface area (Å²) in [4.78, 5) is 32.2. The molecule has 0 saturated heterocycles. The first-order valence-corrected chi connectivity index (χ1v) is 11.3. The van der Waals surface area contributed by atoms with E-state index in [9.17, 15) is 19.3 Å². The molecule has 12 heteroatoms. The fourth-order valence-electron chi connectivity index (χ4n) is 4.20. The van der Waals surface area contributed by atoms with Gasteiger partial charge in [0.1, 0.15) is 17.1 Å². The smallest absolute Gasteiger partial charge is 0.374 e. The number of fused-ring (bicyclic) bond motifs is 4. The fraction of sp³-hybridized carbons (Fsp3) is 0.120. The third kappa shape index (κ3) is 3.84. The number of nitro groups is 1. The molecular weight excluding hydrogens is 483 g/mol. The van der Waals surface area contributed by atoms with Crippen LogP contribution in [0.2, 0.25) is 0 Å². The first kappa shape index (κ1) is 22.3. The van der Waals surface area contributed by atoms with Gasteiger partial charge in [-0.3, -0.25) is 10.1 Å². The SMILES string of the molecule is CCOC(=O)c1ccc(Cn2c3ccc([N+](=O)[O-])cc3c3nn4cc(-c5ccc(F)cc5)nc4nc32)o1. The van der Waals surface area contributed by atoms with Gasteiger partial charge in [-0.15, -0.1) is 0 Å². The summed E-state index contributed by atoms with van der Waals surface area (Å²) in [5.41, 5.74) is 2.62. The highest BCUT2D eigenvalue weighted by atomic mass is 19.1. The number of benzene rings is 2. The molecule has 0 aliphatic rings. The van der Waals surface area contributed by atoms with E-state index in [1.807, 2.05) is 0 Å². The number of nitro benzene ring substituents is 1. The third-order valence-corrected chi connectivity index (χ3v) is 5.88. The second-order valence-electron chi connectivity index (χ2n) is 8.19. The highest BCUT2D eigenvalue weighted by Crippen LogP contribution is 2.31. The minimum atomic E-state index is -0.571. The average molecular weight is 500 g/mol. The molecule has 0 fully saturated rings. The normalized spacial score (nSPS) is 11.5. The van der Waals surface area contributed by atoms with Gasteiger partial charge in [0.05, 0.1) is 35.5 Å². The maximum absolute atomic E-state index is 13.4. The topological polar surface area (TPSA) is 131 Å². The highest BCUT2D eigenvalue weighted by molar-refractivity contribution is 6.05. The van der Waals surface area contributed by atoms with Gasteiger partial charge in [-0.1, -0.05) is 0 Å². The van der Waals surface area contributed by atoms with Gasteiger partial charge in [0, 0.05) is 23.1 Å². The van der Waals surface area contributed by atoms with E-state index >= 15 is 0 Å². The number of nitrogens with zero attached hydrogens (tertiary/aromatic N) is 6. The Hall–Kier alpha value is -5.13. The zero-order valence-electron chi connectivity index (χ0n) is 19.3. The number of hydrogen-bond donors (Lipinski definition) is 0. The Morgan fingerprint density at radius 2 is 1.95 bits per heavy atom. The summed E-state index contributed by atoms with van der Waals surface area (Å²) in [5.74, 6) is -0.118. The number of hydrogen-bond acceptors (Lipinski definition) is 8. The quantitative estimate of drug-likeness (QED) is 0.182. The average Bonchev–Trinajstić information content (AvgIpc) is 3.60. The molecule has 6 aromatic rings. The number of furan rings is 1. The molecule has 4 aromatic heterocycles. The predicted molar refractivity (Wildman–Crippen MR) is 130 cm³/mol. The summed E-state index contributed by atoms with van der Waals surface area (Å²) >= 11 is 0. The van der Waals surface area contributed by atoms with Gasteiger partial charge in [0.25, 0.3) is 11.5 Å². The summed E-state index contributed by atoms with van der Waals surface area (Å²) in [6, 6.07) is 13.5. The van der Waals surface area contributed by atoms with Crippen LogP contribution in [0.3, 0.4) is 0 Å². The van der Waals surface area contributed by atoms with Crippen molar-refractivity contribution in [3.8, 4) is 11.3 Å². The van der Waals surface area contributed by atoms with Crippen molar-refractivity contribution in [2.75, 3.05) is 6.61 Å². The Bertz CT molecular complexity index is 1840. The molecule has 184 valence electrons. The number of carbonyl (C=O) groups is 1. The van der Waals surface area contributed by atoms with E-state index < -0.39 is 10.9 Å². The predicted octanol–water partition coefficient (Wildman–Crippen LogP) is 4.76. The van der Waals surface area contributed by atoms with Gasteiger partial charge in [-0.25, -0.2) is 18.7 Å². The van der Waals surface area contributed by atoms with E-state index in [0.29, 0.717) is 39.1 Å². The van der Waals surface area contributed by atoms with Crippen LogP contribution in [0.25, 0.3) is 39.1 Å². The summed E-state index contributed by atoms with van der Waals surface area (Å²) in [5, 5.41) is 16.6. The number of halogens is 1. The van der Waals surface area contributed by atoms with Gasteiger partial charge < -0.3 is 13.7 Å². The van der Waals surface area contributed by atoms with Gasteiger partial charge in [0.15, 0.2) is 5.65 Å². The Morgan fingerprint density at radius 1 is 1.14 bits per heavy atom. The Balaban J connectivity index is 1.52. The van der Waals surface area contributed by atoms with E-state index in [4.69, 9.17) is 14.1 Å². The van der Waals surface area contributed by atoms with Crippen LogP contribution >= 0.6 is 0 Å². The lowest BCUT2D eigenvalue weighted by atomic mass is 10.2. The van der Waals surface area contributed by atoms with Crippen molar-refractivity contribution in [3.63, 3.8) is 0 Å². The zero-order chi connectivity index (χ0) is 25.7. The lowest BCUT2D eigenvalue weighted by molar-refractivity contribution is -0.384. The number of non-ortho nitro benzene ring substituents is 1. The van der Waals surface area contributed by atoms with Crippen LogP contribution in [0.4, 0.5) is 10.1 Å². The minimum Gasteiger partial charge on any atom is -0.460 e. The molecule has 0 radical (unpaired) electrons. The highest BCUT2D eigenvalue weighted by Gasteiger charge is 2.21. The van der Waals surface area contributed by atoms with Crippen molar-refractivity contribution in [1.29, 1.82) is 0 Å². The monoisotopic (exact) mass is 500 g/mol.